The number of hydrogen-bond donors (Lipinski definition) is 2. The molecule has 0 radical (unpaired) electrons. The summed E-state index contributed by atoms with van der Waals surface area (Å²) < 4.78 is 0. The highest BCUT2D eigenvalue weighted by molar-refractivity contribution is 7.99. The second-order valence-electron chi connectivity index (χ2n) is 8.58. The van der Waals surface area contributed by atoms with E-state index in [4.69, 9.17) is 0 Å². The average molecular weight is 453 g/mol. The molecule has 2 heterocycles. The molecule has 2 aromatic carbocycles. The van der Waals surface area contributed by atoms with Gasteiger partial charge in [0.25, 0.3) is 0 Å². The highest BCUT2D eigenvalue weighted by Gasteiger charge is 2.27. The van der Waals surface area contributed by atoms with Crippen LogP contribution in [-0.2, 0) is 11.3 Å². The van der Waals surface area contributed by atoms with Gasteiger partial charge >= 0.3 is 6.03 Å². The molecule has 0 spiro atoms. The Labute approximate surface area is 194 Å². The molecular formula is C25H32N4O2S. The maximum absolute atomic E-state index is 12.8. The van der Waals surface area contributed by atoms with Crippen molar-refractivity contribution in [3.8, 4) is 0 Å². The number of nitrogens with one attached hydrogen (secondary N) is 2. The van der Waals surface area contributed by atoms with Crippen molar-refractivity contribution < 1.29 is 9.59 Å². The van der Waals surface area contributed by atoms with Gasteiger partial charge in [0.15, 0.2) is 0 Å². The van der Waals surface area contributed by atoms with E-state index in [0.29, 0.717) is 25.9 Å². The van der Waals surface area contributed by atoms with Crippen molar-refractivity contribution in [2.24, 2.45) is 5.92 Å². The van der Waals surface area contributed by atoms with Crippen LogP contribution in [0.15, 0.2) is 48.5 Å². The molecule has 2 aromatic rings. The minimum atomic E-state index is -0.103. The lowest BCUT2D eigenvalue weighted by molar-refractivity contribution is -0.121. The molecule has 4 rings (SSSR count). The number of carbonyl (C=O) groups excluding carboxylic acids is 2. The predicted octanol–water partition coefficient (Wildman–Crippen LogP) is 4.43. The topological polar surface area (TPSA) is 64.7 Å². The fourth-order valence-corrected chi connectivity index (χ4v) is 5.26. The van der Waals surface area contributed by atoms with E-state index in [2.05, 4.69) is 34.6 Å². The molecule has 2 aliphatic heterocycles. The molecule has 2 saturated heterocycles. The number of benzene rings is 2. The first-order chi connectivity index (χ1) is 15.6. The van der Waals surface area contributed by atoms with E-state index in [1.807, 2.05) is 48.2 Å². The molecule has 2 N–H and O–H groups in total. The number of carbonyl (C=O) groups is 2. The first-order valence-electron chi connectivity index (χ1n) is 11.4. The summed E-state index contributed by atoms with van der Waals surface area (Å²) in [5, 5.41) is 6.04. The van der Waals surface area contributed by atoms with Crippen LogP contribution in [0.4, 0.5) is 16.2 Å². The number of nitrogens with zero attached hydrogens (tertiary/aromatic N) is 2. The molecular weight excluding hydrogens is 420 g/mol. The Bertz CT molecular complexity index is 923. The third-order valence-electron chi connectivity index (χ3n) is 6.24. The van der Waals surface area contributed by atoms with Crippen molar-refractivity contribution in [1.29, 1.82) is 0 Å². The maximum atomic E-state index is 12.8. The van der Waals surface area contributed by atoms with E-state index in [-0.39, 0.29) is 17.9 Å². The molecule has 0 saturated carbocycles. The van der Waals surface area contributed by atoms with Gasteiger partial charge in [0.1, 0.15) is 0 Å². The Morgan fingerprint density at radius 3 is 2.38 bits per heavy atom. The van der Waals surface area contributed by atoms with Crippen LogP contribution in [0.3, 0.4) is 0 Å². The number of rotatable bonds is 5. The number of likely N-dealkylation sites (tertiary alicyclic amines) is 1. The summed E-state index contributed by atoms with van der Waals surface area (Å²) in [6.45, 7) is 6.49. The standard InChI is InChI=1S/C25H32N4O2S/c1-19-17-20(18-28-13-15-32-16-14-28)7-8-23(19)27-24(30)21-9-11-29(12-10-21)25(31)26-22-5-3-2-4-6-22/h2-8,17,21H,9-16,18H2,1H3,(H,26,31)(H,27,30). The number of amides is 3. The van der Waals surface area contributed by atoms with E-state index in [9.17, 15) is 9.59 Å². The summed E-state index contributed by atoms with van der Waals surface area (Å²) in [4.78, 5) is 29.6. The van der Waals surface area contributed by atoms with Crippen molar-refractivity contribution in [2.75, 3.05) is 48.3 Å². The van der Waals surface area contributed by atoms with Crippen LogP contribution < -0.4 is 10.6 Å². The van der Waals surface area contributed by atoms with Crippen molar-refractivity contribution in [3.63, 3.8) is 0 Å². The molecule has 0 aromatic heterocycles. The Morgan fingerprint density at radius 1 is 0.969 bits per heavy atom. The van der Waals surface area contributed by atoms with Crippen LogP contribution in [0, 0.1) is 12.8 Å². The third-order valence-corrected chi connectivity index (χ3v) is 7.18. The predicted molar refractivity (Wildman–Crippen MR) is 132 cm³/mol. The lowest BCUT2D eigenvalue weighted by atomic mass is 9.95. The van der Waals surface area contributed by atoms with Crippen molar-refractivity contribution in [1.82, 2.24) is 9.80 Å². The second-order valence-corrected chi connectivity index (χ2v) is 9.81. The second kappa shape index (κ2) is 10.9. The summed E-state index contributed by atoms with van der Waals surface area (Å²) in [6, 6.07) is 15.7. The number of aryl methyl sites for hydroxylation is 1. The van der Waals surface area contributed by atoms with Gasteiger partial charge in [0.2, 0.25) is 5.91 Å². The smallest absolute Gasteiger partial charge is 0.321 e. The highest BCUT2D eigenvalue weighted by atomic mass is 32.2. The molecule has 2 fully saturated rings. The lowest BCUT2D eigenvalue weighted by Gasteiger charge is -2.31. The zero-order valence-corrected chi connectivity index (χ0v) is 19.5. The molecule has 32 heavy (non-hydrogen) atoms. The Balaban J connectivity index is 1.26. The molecule has 3 amide bonds. The van der Waals surface area contributed by atoms with Gasteiger partial charge in [0, 0.05) is 61.5 Å². The summed E-state index contributed by atoms with van der Waals surface area (Å²) in [5.41, 5.74) is 4.07. The Kier molecular flexibility index (Phi) is 7.71. The molecule has 6 nitrogen and oxygen atoms in total. The molecule has 0 unspecified atom stereocenters. The maximum Gasteiger partial charge on any atom is 0.321 e. The van der Waals surface area contributed by atoms with Gasteiger partial charge < -0.3 is 15.5 Å². The van der Waals surface area contributed by atoms with Crippen LogP contribution in [0.2, 0.25) is 0 Å². The fourth-order valence-electron chi connectivity index (χ4n) is 4.29. The van der Waals surface area contributed by atoms with Crippen molar-refractivity contribution in [2.45, 2.75) is 26.3 Å². The Hall–Kier alpha value is -2.51. The third kappa shape index (κ3) is 6.04. The summed E-state index contributed by atoms with van der Waals surface area (Å²) in [7, 11) is 0. The highest BCUT2D eigenvalue weighted by Crippen LogP contribution is 2.23. The summed E-state index contributed by atoms with van der Waals surface area (Å²) >= 11 is 2.02. The van der Waals surface area contributed by atoms with E-state index in [1.54, 1.807) is 4.90 Å². The number of anilines is 2. The quantitative estimate of drug-likeness (QED) is 0.705. The first-order valence-corrected chi connectivity index (χ1v) is 12.6. The van der Waals surface area contributed by atoms with E-state index < -0.39 is 0 Å². The van der Waals surface area contributed by atoms with Gasteiger partial charge in [-0.3, -0.25) is 9.69 Å². The SMILES string of the molecule is Cc1cc(CN2CCSCC2)ccc1NC(=O)C1CCN(C(=O)Nc2ccccc2)CC1. The minimum absolute atomic E-state index is 0.0528. The zero-order valence-electron chi connectivity index (χ0n) is 18.7. The van der Waals surface area contributed by atoms with Crippen LogP contribution in [-0.4, -0.2) is 59.4 Å². The van der Waals surface area contributed by atoms with Gasteiger partial charge in [-0.05, 0) is 49.1 Å². The number of thioether (sulfide) groups is 1. The molecule has 0 bridgehead atoms. The number of para-hydroxylation sites is 1. The van der Waals surface area contributed by atoms with Gasteiger partial charge in [0.05, 0.1) is 0 Å². The molecule has 0 atom stereocenters. The van der Waals surface area contributed by atoms with Crippen LogP contribution in [0.5, 0.6) is 0 Å². The van der Waals surface area contributed by atoms with Crippen LogP contribution in [0.1, 0.15) is 24.0 Å². The summed E-state index contributed by atoms with van der Waals surface area (Å²) in [6.07, 6.45) is 1.36. The van der Waals surface area contributed by atoms with Crippen molar-refractivity contribution >= 4 is 35.1 Å². The number of urea groups is 1. The van der Waals surface area contributed by atoms with Crippen LogP contribution >= 0.6 is 11.8 Å². The van der Waals surface area contributed by atoms with Gasteiger partial charge in [-0.2, -0.15) is 11.8 Å². The lowest BCUT2D eigenvalue weighted by Crippen LogP contribution is -2.43. The monoisotopic (exact) mass is 452 g/mol. The normalized spacial score (nSPS) is 17.7. The van der Waals surface area contributed by atoms with Crippen molar-refractivity contribution in [3.05, 3.63) is 59.7 Å². The number of piperidine rings is 1. The van der Waals surface area contributed by atoms with Gasteiger partial charge in [-0.1, -0.05) is 30.3 Å². The fraction of sp³-hybridized carbons (Fsp3) is 0.440. The Morgan fingerprint density at radius 2 is 1.69 bits per heavy atom. The molecule has 2 aliphatic rings. The first kappa shape index (κ1) is 22.7. The van der Waals surface area contributed by atoms with E-state index >= 15 is 0 Å². The molecule has 0 aliphatic carbocycles. The largest absolute Gasteiger partial charge is 0.326 e. The van der Waals surface area contributed by atoms with Gasteiger partial charge in [-0.25, -0.2) is 4.79 Å². The van der Waals surface area contributed by atoms with Gasteiger partial charge in [-0.15, -0.1) is 0 Å². The average Bonchev–Trinajstić information content (AvgIpc) is 2.82. The molecule has 170 valence electrons. The number of hydrogen-bond acceptors (Lipinski definition) is 4. The zero-order chi connectivity index (χ0) is 22.3. The summed E-state index contributed by atoms with van der Waals surface area (Å²) in [5.74, 6) is 2.40. The van der Waals surface area contributed by atoms with Crippen LogP contribution in [0.25, 0.3) is 0 Å². The van der Waals surface area contributed by atoms with E-state index in [0.717, 1.165) is 36.6 Å². The molecule has 7 heteroatoms. The van der Waals surface area contributed by atoms with E-state index in [1.165, 1.54) is 17.1 Å². The minimum Gasteiger partial charge on any atom is -0.326 e.